The van der Waals surface area contributed by atoms with Crippen LogP contribution in [-0.4, -0.2) is 96.7 Å². The van der Waals surface area contributed by atoms with E-state index in [0.29, 0.717) is 25.7 Å². The van der Waals surface area contributed by atoms with Crippen LogP contribution in [0.5, 0.6) is 0 Å². The van der Waals surface area contributed by atoms with E-state index in [9.17, 15) is 43.2 Å². The Kier molecular flexibility index (Phi) is 59.6. The van der Waals surface area contributed by atoms with Crippen molar-refractivity contribution in [3.63, 3.8) is 0 Å². The summed E-state index contributed by atoms with van der Waals surface area (Å²) < 4.78 is 68.3. The number of carbonyl (C=O) groups excluding carboxylic acids is 4. The maximum absolute atomic E-state index is 13.0. The molecule has 0 bridgehead atoms. The van der Waals surface area contributed by atoms with Crippen LogP contribution in [0.25, 0.3) is 0 Å². The number of hydrogen-bond donors (Lipinski definition) is 3. The molecule has 0 radical (unpaired) electrons. The zero-order chi connectivity index (χ0) is 65.9. The van der Waals surface area contributed by atoms with Gasteiger partial charge in [0.1, 0.15) is 19.3 Å². The Morgan fingerprint density at radius 3 is 0.854 bits per heavy atom. The van der Waals surface area contributed by atoms with Gasteiger partial charge in [0.15, 0.2) is 12.2 Å². The lowest BCUT2D eigenvalue weighted by Crippen LogP contribution is -2.30. The number of esters is 4. The Labute approximate surface area is 543 Å². The molecule has 0 aromatic carbocycles. The molecule has 3 N–H and O–H groups in total. The minimum absolute atomic E-state index is 0.106. The molecule has 0 aliphatic heterocycles. The second-order valence-electron chi connectivity index (χ2n) is 26.5. The summed E-state index contributed by atoms with van der Waals surface area (Å²) >= 11 is 0. The van der Waals surface area contributed by atoms with Crippen molar-refractivity contribution < 1.29 is 80.2 Å². The van der Waals surface area contributed by atoms with Crippen LogP contribution in [0.4, 0.5) is 0 Å². The zero-order valence-electron chi connectivity index (χ0n) is 57.9. The molecule has 0 aromatic rings. The van der Waals surface area contributed by atoms with Crippen LogP contribution in [0.3, 0.4) is 0 Å². The summed E-state index contributed by atoms with van der Waals surface area (Å²) in [5.41, 5.74) is 0. The van der Waals surface area contributed by atoms with Gasteiger partial charge >= 0.3 is 39.5 Å². The smallest absolute Gasteiger partial charge is 0.462 e. The number of phosphoric acid groups is 2. The minimum Gasteiger partial charge on any atom is -0.462 e. The van der Waals surface area contributed by atoms with Gasteiger partial charge in [-0.25, -0.2) is 9.13 Å². The number of aliphatic hydroxyl groups excluding tert-OH is 1. The summed E-state index contributed by atoms with van der Waals surface area (Å²) in [6.45, 7) is 11.8. The van der Waals surface area contributed by atoms with E-state index in [0.717, 1.165) is 114 Å². The molecular weight excluding hydrogens is 1170 g/mol. The quantitative estimate of drug-likeness (QED) is 0.0222. The second kappa shape index (κ2) is 61.0. The fraction of sp³-hybridized carbons (Fsp3) is 0.943. The van der Waals surface area contributed by atoms with Crippen molar-refractivity contribution in [2.24, 2.45) is 17.8 Å². The molecule has 0 aromatic heterocycles. The maximum Gasteiger partial charge on any atom is 0.472 e. The first-order valence-corrected chi connectivity index (χ1v) is 39.4. The maximum atomic E-state index is 13.0. The van der Waals surface area contributed by atoms with Crippen molar-refractivity contribution in [2.75, 3.05) is 39.6 Å². The first-order valence-electron chi connectivity index (χ1n) is 36.4. The van der Waals surface area contributed by atoms with Crippen LogP contribution in [0.2, 0.25) is 0 Å². The number of hydrogen-bond acceptors (Lipinski definition) is 15. The predicted molar refractivity (Wildman–Crippen MR) is 358 cm³/mol. The molecule has 0 aliphatic carbocycles. The minimum atomic E-state index is -4.95. The SMILES string of the molecule is CCCCCCCCCCCCCC(=O)O[C@H](COC(=O)CCCCCCCCC(C)CC)COP(=O)(O)OC[C@H](O)COP(=O)(O)OC[C@@H](COC(=O)CCCCCCCCCCCC(C)C)OC(=O)CCCCCCCCCCCCCCCC(C)C. The van der Waals surface area contributed by atoms with E-state index in [1.807, 2.05) is 0 Å². The molecule has 6 atom stereocenters. The van der Waals surface area contributed by atoms with Crippen molar-refractivity contribution in [1.29, 1.82) is 0 Å². The largest absolute Gasteiger partial charge is 0.472 e. The molecule has 0 saturated heterocycles. The fourth-order valence-electron chi connectivity index (χ4n) is 10.5. The molecule has 0 amide bonds. The number of phosphoric ester groups is 2. The van der Waals surface area contributed by atoms with Crippen molar-refractivity contribution in [1.82, 2.24) is 0 Å². The van der Waals surface area contributed by atoms with Crippen molar-refractivity contribution in [3.8, 4) is 0 Å². The molecule has 3 unspecified atom stereocenters. The number of rotatable bonds is 68. The van der Waals surface area contributed by atoms with Crippen LogP contribution in [0.15, 0.2) is 0 Å². The van der Waals surface area contributed by atoms with Gasteiger partial charge in [0.05, 0.1) is 26.4 Å². The highest BCUT2D eigenvalue weighted by molar-refractivity contribution is 7.47. The van der Waals surface area contributed by atoms with Crippen molar-refractivity contribution >= 4 is 39.5 Å². The summed E-state index contributed by atoms with van der Waals surface area (Å²) in [4.78, 5) is 72.5. The fourth-order valence-corrected chi connectivity index (χ4v) is 12.1. The molecule has 0 heterocycles. The van der Waals surface area contributed by atoms with E-state index in [1.54, 1.807) is 0 Å². The molecule has 0 fully saturated rings. The van der Waals surface area contributed by atoms with Gasteiger partial charge in [-0.2, -0.15) is 0 Å². The van der Waals surface area contributed by atoms with Gasteiger partial charge < -0.3 is 33.8 Å². The first-order chi connectivity index (χ1) is 42.8. The van der Waals surface area contributed by atoms with Gasteiger partial charge in [-0.05, 0) is 43.4 Å². The molecule has 19 heteroatoms. The number of ether oxygens (including phenoxy) is 4. The topological polar surface area (TPSA) is 237 Å². The number of unbranched alkanes of at least 4 members (excludes halogenated alkanes) is 35. The van der Waals surface area contributed by atoms with E-state index in [2.05, 4.69) is 48.5 Å². The van der Waals surface area contributed by atoms with E-state index in [1.165, 1.54) is 154 Å². The lowest BCUT2D eigenvalue weighted by Gasteiger charge is -2.21. The van der Waals surface area contributed by atoms with Crippen molar-refractivity contribution in [3.05, 3.63) is 0 Å². The zero-order valence-corrected chi connectivity index (χ0v) is 59.7. The van der Waals surface area contributed by atoms with Crippen LogP contribution >= 0.6 is 15.6 Å². The van der Waals surface area contributed by atoms with E-state index < -0.39 is 97.5 Å². The van der Waals surface area contributed by atoms with Crippen LogP contribution in [0, 0.1) is 17.8 Å². The molecule has 17 nitrogen and oxygen atoms in total. The third kappa shape index (κ3) is 63.2. The normalized spacial score (nSPS) is 14.5. The van der Waals surface area contributed by atoms with E-state index in [-0.39, 0.29) is 25.7 Å². The molecular formula is C70H136O17P2. The summed E-state index contributed by atoms with van der Waals surface area (Å²) in [6.07, 6.45) is 44.4. The summed E-state index contributed by atoms with van der Waals surface area (Å²) in [6, 6.07) is 0. The van der Waals surface area contributed by atoms with Gasteiger partial charge in [-0.15, -0.1) is 0 Å². The highest BCUT2D eigenvalue weighted by Crippen LogP contribution is 2.45. The van der Waals surface area contributed by atoms with E-state index in [4.69, 9.17) is 37.0 Å². The lowest BCUT2D eigenvalue weighted by atomic mass is 10.00. The molecule has 528 valence electrons. The van der Waals surface area contributed by atoms with Crippen molar-refractivity contribution in [2.45, 2.75) is 369 Å². The van der Waals surface area contributed by atoms with Gasteiger partial charge in [0.2, 0.25) is 0 Å². The monoisotopic (exact) mass is 1310 g/mol. The molecule has 89 heavy (non-hydrogen) atoms. The van der Waals surface area contributed by atoms with Crippen LogP contribution in [-0.2, 0) is 65.4 Å². The van der Waals surface area contributed by atoms with Crippen LogP contribution in [0.1, 0.15) is 350 Å². The van der Waals surface area contributed by atoms with E-state index >= 15 is 0 Å². The molecule has 0 saturated carbocycles. The Morgan fingerprint density at radius 1 is 0.326 bits per heavy atom. The predicted octanol–water partition coefficient (Wildman–Crippen LogP) is 19.8. The average molecular weight is 1310 g/mol. The third-order valence-corrected chi connectivity index (χ3v) is 18.4. The highest BCUT2D eigenvalue weighted by atomic mass is 31.2. The molecule has 0 aliphatic rings. The average Bonchev–Trinajstić information content (AvgIpc) is 3.67. The van der Waals surface area contributed by atoms with Gasteiger partial charge in [-0.3, -0.25) is 37.3 Å². The molecule has 0 rings (SSSR count). The third-order valence-electron chi connectivity index (χ3n) is 16.5. The highest BCUT2D eigenvalue weighted by Gasteiger charge is 2.30. The van der Waals surface area contributed by atoms with Crippen LogP contribution < -0.4 is 0 Å². The van der Waals surface area contributed by atoms with Gasteiger partial charge in [-0.1, -0.05) is 299 Å². The molecule has 0 spiro atoms. The standard InChI is InChI=1S/C70H136O17P2/c1-8-10-11-12-13-14-18-24-30-39-46-53-69(74)87-66(58-81-68(73)52-45-38-33-32-36-43-50-63(7)9-2)60-85-89(78,79)83-56-64(71)55-82-88(76,77)84-59-65(57-80-67(72)51-44-37-29-26-21-23-28-35-42-49-62(5)6)86-70(75)54-47-40-31-25-20-17-15-16-19-22-27-34-41-48-61(3)4/h61-66,71H,8-60H2,1-7H3,(H,76,77)(H,78,79)/t63?,64-,65-,66-/m1/s1. The summed E-state index contributed by atoms with van der Waals surface area (Å²) in [7, 11) is -9.90. The van der Waals surface area contributed by atoms with Gasteiger partial charge in [0.25, 0.3) is 0 Å². The Bertz CT molecular complexity index is 1750. The van der Waals surface area contributed by atoms with Gasteiger partial charge in [0, 0.05) is 25.7 Å². The Balaban J connectivity index is 5.25. The Hall–Kier alpha value is -1.94. The number of carbonyl (C=O) groups is 4. The summed E-state index contributed by atoms with van der Waals surface area (Å²) in [5, 5.41) is 10.6. The Morgan fingerprint density at radius 2 is 0.573 bits per heavy atom. The number of aliphatic hydroxyl groups is 1. The lowest BCUT2D eigenvalue weighted by molar-refractivity contribution is -0.161. The summed E-state index contributed by atoms with van der Waals surface area (Å²) in [5.74, 6) is 0.135. The first kappa shape index (κ1) is 87.1. The second-order valence-corrected chi connectivity index (χ2v) is 29.4.